The Bertz CT molecular complexity index is 344. The molecule has 0 aromatic heterocycles. The summed E-state index contributed by atoms with van der Waals surface area (Å²) in [5, 5.41) is 0. The number of methoxy groups -OCH3 is 1. The van der Waals surface area contributed by atoms with Crippen LogP contribution in [0.15, 0.2) is 24.3 Å². The number of ether oxygens (including phenoxy) is 1. The fraction of sp³-hybridized carbons (Fsp3) is 0.222. The smallest absolute Gasteiger partial charge is 0.337 e. The van der Waals surface area contributed by atoms with Crippen molar-refractivity contribution in [1.29, 1.82) is 0 Å². The number of hydrogen-bond acceptors (Lipinski definition) is 3. The highest BCUT2D eigenvalue weighted by Crippen LogP contribution is 2.07. The van der Waals surface area contributed by atoms with Gasteiger partial charge in [-0.3, -0.25) is 0 Å². The molecule has 0 saturated carbocycles. The molecule has 5 heteroatoms. The van der Waals surface area contributed by atoms with Gasteiger partial charge in [0.15, 0.2) is 11.1 Å². The van der Waals surface area contributed by atoms with E-state index in [-0.39, 0.29) is 5.75 Å². The van der Waals surface area contributed by atoms with Gasteiger partial charge in [-0.25, -0.2) is 9.00 Å². The molecule has 0 amide bonds. The lowest BCUT2D eigenvalue weighted by Gasteiger charge is -2.00. The highest BCUT2D eigenvalue weighted by atomic mass is 32.2. The Morgan fingerprint density at radius 1 is 1.43 bits per heavy atom. The molecule has 0 heterocycles. The summed E-state index contributed by atoms with van der Waals surface area (Å²) in [6.45, 7) is 0. The number of esters is 1. The van der Waals surface area contributed by atoms with E-state index in [0.717, 1.165) is 0 Å². The summed E-state index contributed by atoms with van der Waals surface area (Å²) in [4.78, 5) is 11.0. The molecule has 0 bridgehead atoms. The Morgan fingerprint density at radius 2 is 2.00 bits per heavy atom. The van der Waals surface area contributed by atoms with Crippen molar-refractivity contribution in [1.82, 2.24) is 0 Å². The van der Waals surface area contributed by atoms with Crippen molar-refractivity contribution in [3.8, 4) is 0 Å². The molecule has 0 aliphatic heterocycles. The molecule has 0 aliphatic carbocycles. The molecule has 14 heavy (non-hydrogen) atoms. The molecule has 1 N–H and O–H groups in total. The quantitative estimate of drug-likeness (QED) is 0.606. The van der Waals surface area contributed by atoms with Crippen molar-refractivity contribution in [2.75, 3.05) is 7.11 Å². The lowest BCUT2D eigenvalue weighted by atomic mass is 10.1. The van der Waals surface area contributed by atoms with Gasteiger partial charge in [-0.05, 0) is 17.7 Å². The van der Waals surface area contributed by atoms with Crippen molar-refractivity contribution >= 4 is 17.0 Å². The molecule has 1 rings (SSSR count). The normalized spacial score (nSPS) is 12.1. The van der Waals surface area contributed by atoms with Gasteiger partial charge in [-0.1, -0.05) is 12.1 Å². The van der Waals surface area contributed by atoms with Crippen LogP contribution in [0, 0.1) is 0 Å². The molecule has 0 aliphatic rings. The first-order valence-electron chi connectivity index (χ1n) is 3.88. The molecule has 0 spiro atoms. The average molecular weight is 214 g/mol. The predicted octanol–water partition coefficient (Wildman–Crippen LogP) is 1.19. The van der Waals surface area contributed by atoms with Crippen LogP contribution in [0.25, 0.3) is 0 Å². The Hall–Kier alpha value is -1.20. The zero-order chi connectivity index (χ0) is 10.6. The van der Waals surface area contributed by atoms with Gasteiger partial charge < -0.3 is 9.29 Å². The lowest BCUT2D eigenvalue weighted by Crippen LogP contribution is -2.01. The van der Waals surface area contributed by atoms with Crippen LogP contribution >= 0.6 is 0 Å². The zero-order valence-electron chi connectivity index (χ0n) is 7.60. The van der Waals surface area contributed by atoms with Crippen molar-refractivity contribution < 1.29 is 18.3 Å². The third-order valence-corrected chi connectivity index (χ3v) is 2.25. The van der Waals surface area contributed by atoms with Crippen molar-refractivity contribution in [3.05, 3.63) is 35.4 Å². The molecule has 1 aromatic rings. The maximum atomic E-state index is 11.0. The van der Waals surface area contributed by atoms with Crippen LogP contribution in [-0.4, -0.2) is 21.8 Å². The number of carbonyl (C=O) groups excluding carboxylic acids is 1. The highest BCUT2D eigenvalue weighted by molar-refractivity contribution is 7.78. The highest BCUT2D eigenvalue weighted by Gasteiger charge is 2.04. The van der Waals surface area contributed by atoms with Crippen LogP contribution in [0.3, 0.4) is 0 Å². The Morgan fingerprint density at radius 3 is 2.43 bits per heavy atom. The number of carbonyl (C=O) groups is 1. The summed E-state index contributed by atoms with van der Waals surface area (Å²) < 4.78 is 23.6. The van der Waals surface area contributed by atoms with E-state index in [1.54, 1.807) is 24.3 Å². The number of benzene rings is 1. The van der Waals surface area contributed by atoms with Crippen molar-refractivity contribution in [2.45, 2.75) is 5.75 Å². The molecule has 4 nitrogen and oxygen atoms in total. The van der Waals surface area contributed by atoms with Crippen LogP contribution in [-0.2, 0) is 21.6 Å². The minimum Gasteiger partial charge on any atom is -0.465 e. The Kier molecular flexibility index (Phi) is 3.79. The van der Waals surface area contributed by atoms with Crippen molar-refractivity contribution in [2.24, 2.45) is 0 Å². The lowest BCUT2D eigenvalue weighted by molar-refractivity contribution is 0.0600. The third kappa shape index (κ3) is 2.93. The topological polar surface area (TPSA) is 63.6 Å². The molecular formula is C9H10O4S. The zero-order valence-corrected chi connectivity index (χ0v) is 8.41. The van der Waals surface area contributed by atoms with E-state index in [9.17, 15) is 9.00 Å². The standard InChI is InChI=1S/C9H10O4S/c1-13-9(10)8-4-2-7(3-5-8)6-14(11)12/h2-5H,6H2,1H3,(H,11,12). The van der Waals surface area contributed by atoms with Gasteiger partial charge in [0, 0.05) is 0 Å². The summed E-state index contributed by atoms with van der Waals surface area (Å²) in [7, 11) is 1.30. The molecule has 1 atom stereocenters. The SMILES string of the molecule is COC(=O)c1ccc(CS(=O)O)cc1. The van der Waals surface area contributed by atoms with E-state index in [4.69, 9.17) is 4.55 Å². The first-order valence-corrected chi connectivity index (χ1v) is 5.16. The fourth-order valence-corrected chi connectivity index (χ4v) is 1.48. The summed E-state index contributed by atoms with van der Waals surface area (Å²) in [5.41, 5.74) is 1.14. The number of rotatable bonds is 3. The maximum absolute atomic E-state index is 11.0. The van der Waals surface area contributed by atoms with Gasteiger partial charge >= 0.3 is 5.97 Å². The minimum atomic E-state index is -1.85. The van der Waals surface area contributed by atoms with Crippen LogP contribution in [0.4, 0.5) is 0 Å². The predicted molar refractivity (Wildman–Crippen MR) is 52.3 cm³/mol. The molecule has 0 saturated heterocycles. The van der Waals surface area contributed by atoms with Crippen LogP contribution in [0.5, 0.6) is 0 Å². The third-order valence-electron chi connectivity index (χ3n) is 1.67. The second-order valence-corrected chi connectivity index (χ2v) is 3.59. The van der Waals surface area contributed by atoms with Gasteiger partial charge in [0.05, 0.1) is 18.4 Å². The van der Waals surface area contributed by atoms with E-state index in [0.29, 0.717) is 11.1 Å². The van der Waals surface area contributed by atoms with Gasteiger partial charge in [0.25, 0.3) is 0 Å². The summed E-state index contributed by atoms with van der Waals surface area (Å²) in [5.74, 6) is -0.344. The van der Waals surface area contributed by atoms with Gasteiger partial charge in [0.2, 0.25) is 0 Å². The van der Waals surface area contributed by atoms with Gasteiger partial charge in [0.1, 0.15) is 0 Å². The Labute approximate surface area is 84.2 Å². The molecule has 1 aromatic carbocycles. The average Bonchev–Trinajstić information content (AvgIpc) is 2.17. The fourth-order valence-electron chi connectivity index (χ4n) is 0.997. The largest absolute Gasteiger partial charge is 0.465 e. The van der Waals surface area contributed by atoms with Crippen molar-refractivity contribution in [3.63, 3.8) is 0 Å². The summed E-state index contributed by atoms with van der Waals surface area (Å²) in [6.07, 6.45) is 0. The van der Waals surface area contributed by atoms with Crippen LogP contribution in [0.1, 0.15) is 15.9 Å². The Balaban J connectivity index is 2.78. The molecule has 0 fully saturated rings. The van der Waals surface area contributed by atoms with E-state index in [2.05, 4.69) is 4.74 Å². The first-order chi connectivity index (χ1) is 6.63. The first kappa shape index (κ1) is 10.9. The van der Waals surface area contributed by atoms with E-state index in [1.807, 2.05) is 0 Å². The van der Waals surface area contributed by atoms with Gasteiger partial charge in [-0.15, -0.1) is 0 Å². The molecular weight excluding hydrogens is 204 g/mol. The minimum absolute atomic E-state index is 0.0709. The molecule has 76 valence electrons. The van der Waals surface area contributed by atoms with E-state index >= 15 is 0 Å². The number of hydrogen-bond donors (Lipinski definition) is 1. The van der Waals surface area contributed by atoms with Gasteiger partial charge in [-0.2, -0.15) is 0 Å². The second kappa shape index (κ2) is 4.88. The second-order valence-electron chi connectivity index (χ2n) is 2.65. The summed E-state index contributed by atoms with van der Waals surface area (Å²) >= 11 is -1.85. The monoisotopic (exact) mass is 214 g/mol. The van der Waals surface area contributed by atoms with Crippen LogP contribution < -0.4 is 0 Å². The van der Waals surface area contributed by atoms with E-state index < -0.39 is 17.0 Å². The molecule has 1 unspecified atom stereocenters. The van der Waals surface area contributed by atoms with E-state index in [1.165, 1.54) is 7.11 Å². The maximum Gasteiger partial charge on any atom is 0.337 e. The summed E-state index contributed by atoms with van der Waals surface area (Å²) in [6, 6.07) is 6.38. The molecule has 0 radical (unpaired) electrons. The van der Waals surface area contributed by atoms with Crippen LogP contribution in [0.2, 0.25) is 0 Å².